The molecule has 2 atom stereocenters. The molecule has 2 fully saturated rings. The van der Waals surface area contributed by atoms with Crippen molar-refractivity contribution < 1.29 is 9.53 Å². The van der Waals surface area contributed by atoms with E-state index in [4.69, 9.17) is 4.74 Å². The molecule has 0 aromatic rings. The number of nitrogens with one attached hydrogen (secondary N) is 1. The van der Waals surface area contributed by atoms with Gasteiger partial charge in [0.15, 0.2) is 0 Å². The lowest BCUT2D eigenvalue weighted by molar-refractivity contribution is -0.151. The summed E-state index contributed by atoms with van der Waals surface area (Å²) in [5, 5.41) is 3.52. The van der Waals surface area contributed by atoms with Gasteiger partial charge in [-0.25, -0.2) is 0 Å². The third kappa shape index (κ3) is 3.42. The maximum absolute atomic E-state index is 12.5. The molecular formula is C17H32N2O2. The monoisotopic (exact) mass is 296 g/mol. The number of esters is 1. The summed E-state index contributed by atoms with van der Waals surface area (Å²) in [7, 11) is 0. The molecular weight excluding hydrogens is 264 g/mol. The Morgan fingerprint density at radius 2 is 2.10 bits per heavy atom. The Morgan fingerprint density at radius 3 is 2.62 bits per heavy atom. The highest BCUT2D eigenvalue weighted by Crippen LogP contribution is 2.40. The Kier molecular flexibility index (Phi) is 4.99. The van der Waals surface area contributed by atoms with Crippen molar-refractivity contribution in [2.45, 2.75) is 89.9 Å². The van der Waals surface area contributed by atoms with Gasteiger partial charge in [0, 0.05) is 17.6 Å². The molecule has 0 bridgehead atoms. The first kappa shape index (κ1) is 16.8. The predicted octanol–water partition coefficient (Wildman–Crippen LogP) is 2.71. The van der Waals surface area contributed by atoms with Gasteiger partial charge in [-0.05, 0) is 73.3 Å². The third-order valence-electron chi connectivity index (χ3n) is 5.13. The minimum atomic E-state index is -0.479. The number of ether oxygens (including phenoxy) is 1. The number of carbonyl (C=O) groups is 1. The third-order valence-corrected chi connectivity index (χ3v) is 5.13. The van der Waals surface area contributed by atoms with Crippen LogP contribution in [0.3, 0.4) is 0 Å². The smallest absolute Gasteiger partial charge is 0.326 e. The molecule has 1 aliphatic carbocycles. The van der Waals surface area contributed by atoms with Crippen LogP contribution in [0.25, 0.3) is 0 Å². The van der Waals surface area contributed by atoms with Gasteiger partial charge in [0.1, 0.15) is 5.54 Å². The van der Waals surface area contributed by atoms with Crippen molar-refractivity contribution in [1.82, 2.24) is 10.2 Å². The van der Waals surface area contributed by atoms with Crippen LogP contribution in [0.2, 0.25) is 0 Å². The van der Waals surface area contributed by atoms with Gasteiger partial charge in [-0.1, -0.05) is 0 Å². The maximum Gasteiger partial charge on any atom is 0.326 e. The Bertz CT molecular complexity index is 381. The molecule has 0 spiro atoms. The first-order valence-electron chi connectivity index (χ1n) is 8.52. The second-order valence-corrected chi connectivity index (χ2v) is 7.61. The summed E-state index contributed by atoms with van der Waals surface area (Å²) < 4.78 is 5.37. The van der Waals surface area contributed by atoms with Crippen LogP contribution >= 0.6 is 0 Å². The van der Waals surface area contributed by atoms with Crippen molar-refractivity contribution in [2.75, 3.05) is 13.2 Å². The van der Waals surface area contributed by atoms with E-state index >= 15 is 0 Å². The van der Waals surface area contributed by atoms with Crippen LogP contribution in [0.5, 0.6) is 0 Å². The Labute approximate surface area is 129 Å². The van der Waals surface area contributed by atoms with Gasteiger partial charge in [-0.15, -0.1) is 0 Å². The van der Waals surface area contributed by atoms with Gasteiger partial charge in [0.2, 0.25) is 0 Å². The highest BCUT2D eigenvalue weighted by atomic mass is 16.5. The number of rotatable bonds is 5. The van der Waals surface area contributed by atoms with Crippen molar-refractivity contribution in [2.24, 2.45) is 0 Å². The van der Waals surface area contributed by atoms with Gasteiger partial charge in [-0.3, -0.25) is 15.0 Å². The fourth-order valence-corrected chi connectivity index (χ4v) is 4.29. The molecule has 4 heteroatoms. The van der Waals surface area contributed by atoms with E-state index < -0.39 is 5.54 Å². The topological polar surface area (TPSA) is 41.6 Å². The molecule has 1 saturated carbocycles. The molecule has 0 amide bonds. The van der Waals surface area contributed by atoms with Gasteiger partial charge in [-0.2, -0.15) is 0 Å². The second kappa shape index (κ2) is 6.25. The number of nitrogens with zero attached hydrogens (tertiary/aromatic N) is 1. The molecule has 1 N–H and O–H groups in total. The fourth-order valence-electron chi connectivity index (χ4n) is 4.29. The van der Waals surface area contributed by atoms with E-state index in [9.17, 15) is 4.79 Å². The minimum Gasteiger partial charge on any atom is -0.465 e. The lowest BCUT2D eigenvalue weighted by Crippen LogP contribution is -2.55. The van der Waals surface area contributed by atoms with E-state index in [1.165, 1.54) is 12.8 Å². The molecule has 2 unspecified atom stereocenters. The van der Waals surface area contributed by atoms with E-state index in [0.717, 1.165) is 25.8 Å². The summed E-state index contributed by atoms with van der Waals surface area (Å²) in [5.74, 6) is -0.0572. The van der Waals surface area contributed by atoms with Gasteiger partial charge >= 0.3 is 5.97 Å². The molecule has 4 nitrogen and oxygen atoms in total. The molecule has 2 rings (SSSR count). The number of hydrogen-bond acceptors (Lipinski definition) is 4. The number of carbonyl (C=O) groups excluding carboxylic acids is 1. The summed E-state index contributed by atoms with van der Waals surface area (Å²) in [4.78, 5) is 15.1. The lowest BCUT2D eigenvalue weighted by atomic mass is 9.95. The Morgan fingerprint density at radius 1 is 1.38 bits per heavy atom. The zero-order valence-electron chi connectivity index (χ0n) is 14.4. The molecule has 0 aromatic carbocycles. The summed E-state index contributed by atoms with van der Waals surface area (Å²) >= 11 is 0. The highest BCUT2D eigenvalue weighted by molar-refractivity contribution is 5.81. The molecule has 122 valence electrons. The van der Waals surface area contributed by atoms with Crippen LogP contribution < -0.4 is 5.32 Å². The molecule has 0 aromatic heterocycles. The van der Waals surface area contributed by atoms with Crippen LogP contribution in [0.1, 0.15) is 66.7 Å². The van der Waals surface area contributed by atoms with Crippen molar-refractivity contribution in [1.29, 1.82) is 0 Å². The molecule has 1 aliphatic heterocycles. The summed E-state index contributed by atoms with van der Waals surface area (Å²) in [6, 6.07) is 0.790. The average Bonchev–Trinajstić information content (AvgIpc) is 2.93. The van der Waals surface area contributed by atoms with E-state index in [1.54, 1.807) is 0 Å². The number of likely N-dealkylation sites (tertiary alicyclic amines) is 1. The Hall–Kier alpha value is -0.610. The van der Waals surface area contributed by atoms with Crippen molar-refractivity contribution in [3.63, 3.8) is 0 Å². The zero-order chi connectivity index (χ0) is 15.7. The Balaban J connectivity index is 2.12. The quantitative estimate of drug-likeness (QED) is 0.792. The van der Waals surface area contributed by atoms with E-state index in [0.29, 0.717) is 18.7 Å². The van der Waals surface area contributed by atoms with Crippen molar-refractivity contribution in [3.8, 4) is 0 Å². The highest BCUT2D eigenvalue weighted by Gasteiger charge is 2.50. The van der Waals surface area contributed by atoms with Gasteiger partial charge in [0.25, 0.3) is 0 Å². The van der Waals surface area contributed by atoms with Crippen LogP contribution in [0.15, 0.2) is 0 Å². The molecule has 1 saturated heterocycles. The van der Waals surface area contributed by atoms with Crippen molar-refractivity contribution >= 4 is 5.97 Å². The van der Waals surface area contributed by atoms with Crippen LogP contribution in [-0.4, -0.2) is 47.2 Å². The van der Waals surface area contributed by atoms with Gasteiger partial charge in [0.05, 0.1) is 6.61 Å². The number of hydrogen-bond donors (Lipinski definition) is 1. The van der Waals surface area contributed by atoms with Crippen LogP contribution in [0, 0.1) is 0 Å². The van der Waals surface area contributed by atoms with E-state index in [2.05, 4.69) is 37.9 Å². The minimum absolute atomic E-state index is 0.0572. The lowest BCUT2D eigenvalue weighted by Gasteiger charge is -2.38. The zero-order valence-corrected chi connectivity index (χ0v) is 14.4. The molecule has 1 heterocycles. The molecule has 21 heavy (non-hydrogen) atoms. The predicted molar refractivity (Wildman–Crippen MR) is 85.3 cm³/mol. The molecule has 2 aliphatic rings. The largest absolute Gasteiger partial charge is 0.465 e. The molecule has 0 radical (unpaired) electrons. The van der Waals surface area contributed by atoms with E-state index in [-0.39, 0.29) is 11.5 Å². The van der Waals surface area contributed by atoms with Gasteiger partial charge < -0.3 is 4.74 Å². The average molecular weight is 296 g/mol. The van der Waals surface area contributed by atoms with Crippen LogP contribution in [0.4, 0.5) is 0 Å². The summed E-state index contributed by atoms with van der Waals surface area (Å²) in [5.41, 5.74) is -0.208. The fraction of sp³-hybridized carbons (Fsp3) is 0.941. The summed E-state index contributed by atoms with van der Waals surface area (Å²) in [6.07, 6.45) is 5.39. The SMILES string of the molecule is CCOC(=O)C1(NC(C)C)CCC(N2CCCC2(C)C)C1. The first-order chi connectivity index (χ1) is 9.81. The maximum atomic E-state index is 12.5. The normalized spacial score (nSPS) is 32.8. The second-order valence-electron chi connectivity index (χ2n) is 7.61. The van der Waals surface area contributed by atoms with E-state index in [1.807, 2.05) is 6.92 Å². The first-order valence-corrected chi connectivity index (χ1v) is 8.52. The van der Waals surface area contributed by atoms with Crippen molar-refractivity contribution in [3.05, 3.63) is 0 Å². The van der Waals surface area contributed by atoms with Crippen LogP contribution in [-0.2, 0) is 9.53 Å². The summed E-state index contributed by atoms with van der Waals surface area (Å²) in [6.45, 7) is 12.4. The standard InChI is InChI=1S/C17H32N2O2/c1-6-21-15(20)17(18-13(2)3)10-8-14(12-17)19-11-7-9-16(19,4)5/h13-14,18H,6-12H2,1-5H3.